The molecule has 0 radical (unpaired) electrons. The average Bonchev–Trinajstić information content (AvgIpc) is 2.04. The van der Waals surface area contributed by atoms with Crippen LogP contribution in [0.2, 0.25) is 5.02 Å². The number of aliphatic hydroxyl groups excluding tert-OH is 1. The number of benzene rings is 1. The Morgan fingerprint density at radius 2 is 2.25 bits per heavy atom. The van der Waals surface area contributed by atoms with Crippen molar-refractivity contribution in [3.8, 4) is 0 Å². The van der Waals surface area contributed by atoms with Gasteiger partial charge in [-0.2, -0.15) is 0 Å². The Kier molecular flexibility index (Phi) is 3.53. The van der Waals surface area contributed by atoms with E-state index in [1.165, 1.54) is 0 Å². The summed E-state index contributed by atoms with van der Waals surface area (Å²) in [5.41, 5.74) is 6.62. The summed E-state index contributed by atoms with van der Waals surface area (Å²) in [7, 11) is 0. The van der Waals surface area contributed by atoms with E-state index in [0.29, 0.717) is 11.4 Å². The molecule has 12 heavy (non-hydrogen) atoms. The van der Waals surface area contributed by atoms with Crippen LogP contribution in [-0.2, 0) is 6.42 Å². The van der Waals surface area contributed by atoms with Crippen LogP contribution in [0.4, 0.5) is 0 Å². The predicted molar refractivity (Wildman–Crippen MR) is 50.2 cm³/mol. The predicted octanol–water partition coefficient (Wildman–Crippen LogP) is 1.20. The standard InChI is InChI=1S/C9H12ClNO/c10-8-3-1-2-7(4-8)5-9(11)6-12/h1-4,9,12H,5-6,11H2/t9-/m1/s1. The van der Waals surface area contributed by atoms with E-state index in [1.54, 1.807) is 0 Å². The van der Waals surface area contributed by atoms with Gasteiger partial charge in [-0.05, 0) is 24.1 Å². The third-order valence-electron chi connectivity index (χ3n) is 1.62. The maximum atomic E-state index is 8.71. The molecule has 3 N–H and O–H groups in total. The van der Waals surface area contributed by atoms with Gasteiger partial charge in [0.2, 0.25) is 0 Å². The Morgan fingerprint density at radius 3 is 2.83 bits per heavy atom. The molecule has 1 aromatic carbocycles. The SMILES string of the molecule is N[C@@H](CO)Cc1cccc(Cl)c1. The van der Waals surface area contributed by atoms with Gasteiger partial charge >= 0.3 is 0 Å². The molecule has 0 amide bonds. The maximum absolute atomic E-state index is 8.71. The van der Waals surface area contributed by atoms with Gasteiger partial charge in [-0.15, -0.1) is 0 Å². The number of hydrogen-bond donors (Lipinski definition) is 2. The fourth-order valence-electron chi connectivity index (χ4n) is 1.03. The second kappa shape index (κ2) is 4.45. The summed E-state index contributed by atoms with van der Waals surface area (Å²) >= 11 is 5.77. The second-order valence-corrected chi connectivity index (χ2v) is 3.21. The summed E-state index contributed by atoms with van der Waals surface area (Å²) in [6.07, 6.45) is 0.664. The Hall–Kier alpha value is -0.570. The molecule has 0 aliphatic heterocycles. The van der Waals surface area contributed by atoms with Crippen LogP contribution in [0.5, 0.6) is 0 Å². The van der Waals surface area contributed by atoms with E-state index < -0.39 is 0 Å². The van der Waals surface area contributed by atoms with E-state index in [9.17, 15) is 0 Å². The zero-order valence-electron chi connectivity index (χ0n) is 6.70. The van der Waals surface area contributed by atoms with Crippen molar-refractivity contribution >= 4 is 11.6 Å². The molecule has 3 heteroatoms. The lowest BCUT2D eigenvalue weighted by Gasteiger charge is -2.07. The summed E-state index contributed by atoms with van der Waals surface area (Å²) in [6.45, 7) is 0.00646. The molecule has 0 saturated carbocycles. The van der Waals surface area contributed by atoms with Crippen molar-refractivity contribution in [1.82, 2.24) is 0 Å². The van der Waals surface area contributed by atoms with Crippen LogP contribution in [0.15, 0.2) is 24.3 Å². The minimum atomic E-state index is -0.191. The van der Waals surface area contributed by atoms with E-state index in [1.807, 2.05) is 24.3 Å². The Labute approximate surface area is 77.0 Å². The van der Waals surface area contributed by atoms with Crippen molar-refractivity contribution in [3.63, 3.8) is 0 Å². The highest BCUT2D eigenvalue weighted by Gasteiger charge is 2.01. The highest BCUT2D eigenvalue weighted by Crippen LogP contribution is 2.11. The number of halogens is 1. The summed E-state index contributed by atoms with van der Waals surface area (Å²) < 4.78 is 0. The van der Waals surface area contributed by atoms with Crippen LogP contribution in [0.3, 0.4) is 0 Å². The van der Waals surface area contributed by atoms with Crippen LogP contribution in [0.25, 0.3) is 0 Å². The third-order valence-corrected chi connectivity index (χ3v) is 1.86. The molecule has 0 unspecified atom stereocenters. The second-order valence-electron chi connectivity index (χ2n) is 2.78. The van der Waals surface area contributed by atoms with Gasteiger partial charge in [0.25, 0.3) is 0 Å². The van der Waals surface area contributed by atoms with E-state index in [-0.39, 0.29) is 12.6 Å². The third kappa shape index (κ3) is 2.81. The zero-order valence-corrected chi connectivity index (χ0v) is 7.46. The van der Waals surface area contributed by atoms with E-state index in [4.69, 9.17) is 22.4 Å². The van der Waals surface area contributed by atoms with Gasteiger partial charge in [-0.25, -0.2) is 0 Å². The molecule has 1 rings (SSSR count). The van der Waals surface area contributed by atoms with Crippen LogP contribution in [0.1, 0.15) is 5.56 Å². The quantitative estimate of drug-likeness (QED) is 0.744. The fourth-order valence-corrected chi connectivity index (χ4v) is 1.24. The molecule has 0 spiro atoms. The highest BCUT2D eigenvalue weighted by molar-refractivity contribution is 6.30. The van der Waals surface area contributed by atoms with E-state index in [0.717, 1.165) is 5.56 Å². The first-order valence-corrected chi connectivity index (χ1v) is 4.21. The monoisotopic (exact) mass is 185 g/mol. The van der Waals surface area contributed by atoms with Crippen LogP contribution >= 0.6 is 11.6 Å². The molecule has 0 bridgehead atoms. The molecule has 0 aliphatic carbocycles. The number of hydrogen-bond acceptors (Lipinski definition) is 2. The molecule has 0 fully saturated rings. The molecule has 0 aromatic heterocycles. The highest BCUT2D eigenvalue weighted by atomic mass is 35.5. The molecule has 66 valence electrons. The topological polar surface area (TPSA) is 46.2 Å². The fraction of sp³-hybridized carbons (Fsp3) is 0.333. The number of nitrogens with two attached hydrogens (primary N) is 1. The maximum Gasteiger partial charge on any atom is 0.0585 e. The summed E-state index contributed by atoms with van der Waals surface area (Å²) in [4.78, 5) is 0. The van der Waals surface area contributed by atoms with Crippen molar-refractivity contribution in [3.05, 3.63) is 34.9 Å². The first-order valence-electron chi connectivity index (χ1n) is 3.83. The van der Waals surface area contributed by atoms with Crippen LogP contribution in [-0.4, -0.2) is 17.8 Å². The molecular formula is C9H12ClNO. The summed E-state index contributed by atoms with van der Waals surface area (Å²) in [5.74, 6) is 0. The van der Waals surface area contributed by atoms with Gasteiger partial charge in [-0.3, -0.25) is 0 Å². The molecule has 0 aliphatic rings. The Bertz CT molecular complexity index is 252. The van der Waals surface area contributed by atoms with Crippen molar-refractivity contribution in [2.75, 3.05) is 6.61 Å². The minimum Gasteiger partial charge on any atom is -0.395 e. The van der Waals surface area contributed by atoms with Gasteiger partial charge in [0.15, 0.2) is 0 Å². The van der Waals surface area contributed by atoms with Crippen molar-refractivity contribution in [2.45, 2.75) is 12.5 Å². The first kappa shape index (κ1) is 9.52. The first-order chi connectivity index (χ1) is 5.72. The Balaban J connectivity index is 2.63. The van der Waals surface area contributed by atoms with Crippen LogP contribution < -0.4 is 5.73 Å². The van der Waals surface area contributed by atoms with E-state index in [2.05, 4.69) is 0 Å². The smallest absolute Gasteiger partial charge is 0.0585 e. The van der Waals surface area contributed by atoms with Gasteiger partial charge < -0.3 is 10.8 Å². The lowest BCUT2D eigenvalue weighted by molar-refractivity contribution is 0.265. The molecule has 0 saturated heterocycles. The summed E-state index contributed by atoms with van der Waals surface area (Å²) in [6, 6.07) is 7.30. The number of aliphatic hydroxyl groups is 1. The minimum absolute atomic E-state index is 0.00646. The Morgan fingerprint density at radius 1 is 1.50 bits per heavy atom. The molecule has 2 nitrogen and oxygen atoms in total. The van der Waals surface area contributed by atoms with Crippen molar-refractivity contribution in [1.29, 1.82) is 0 Å². The normalized spacial score (nSPS) is 12.9. The van der Waals surface area contributed by atoms with E-state index >= 15 is 0 Å². The lowest BCUT2D eigenvalue weighted by atomic mass is 10.1. The van der Waals surface area contributed by atoms with Gasteiger partial charge in [0.1, 0.15) is 0 Å². The van der Waals surface area contributed by atoms with Crippen LogP contribution in [0, 0.1) is 0 Å². The average molecular weight is 186 g/mol. The van der Waals surface area contributed by atoms with Crippen molar-refractivity contribution in [2.24, 2.45) is 5.73 Å². The van der Waals surface area contributed by atoms with Gasteiger partial charge in [0.05, 0.1) is 6.61 Å². The molecular weight excluding hydrogens is 174 g/mol. The van der Waals surface area contributed by atoms with Crippen molar-refractivity contribution < 1.29 is 5.11 Å². The molecule has 1 aromatic rings. The number of rotatable bonds is 3. The molecule has 0 heterocycles. The zero-order chi connectivity index (χ0) is 8.97. The lowest BCUT2D eigenvalue weighted by Crippen LogP contribution is -2.26. The van der Waals surface area contributed by atoms with Gasteiger partial charge in [0, 0.05) is 11.1 Å². The molecule has 1 atom stereocenters. The largest absolute Gasteiger partial charge is 0.395 e. The van der Waals surface area contributed by atoms with Gasteiger partial charge in [-0.1, -0.05) is 23.7 Å². The summed E-state index contributed by atoms with van der Waals surface area (Å²) in [5, 5.41) is 9.41.